The highest BCUT2D eigenvalue weighted by molar-refractivity contribution is 5.67. The van der Waals surface area contributed by atoms with Crippen molar-refractivity contribution in [2.45, 2.75) is 25.2 Å². The Labute approximate surface area is 159 Å². The number of aromatic hydroxyl groups is 2. The Kier molecular flexibility index (Phi) is 4.15. The van der Waals surface area contributed by atoms with Crippen LogP contribution in [0.2, 0.25) is 0 Å². The normalized spacial score (nSPS) is 14.6. The fourth-order valence-electron chi connectivity index (χ4n) is 3.50. The average molecular weight is 357 g/mol. The molecular weight excluding hydrogens is 334 g/mol. The molecule has 0 atom stereocenters. The van der Waals surface area contributed by atoms with Crippen LogP contribution >= 0.6 is 0 Å². The monoisotopic (exact) mass is 357 g/mol. The van der Waals surface area contributed by atoms with E-state index in [1.54, 1.807) is 6.07 Å². The van der Waals surface area contributed by atoms with Crippen LogP contribution in [0.1, 0.15) is 24.0 Å². The second-order valence-corrected chi connectivity index (χ2v) is 7.33. The second kappa shape index (κ2) is 6.51. The van der Waals surface area contributed by atoms with Gasteiger partial charge in [-0.3, -0.25) is 0 Å². The van der Waals surface area contributed by atoms with E-state index in [9.17, 15) is 10.2 Å². The summed E-state index contributed by atoms with van der Waals surface area (Å²) < 4.78 is 0. The first-order valence-corrected chi connectivity index (χ1v) is 9.14. The van der Waals surface area contributed by atoms with Crippen molar-refractivity contribution >= 4 is 5.69 Å². The molecule has 0 spiro atoms. The van der Waals surface area contributed by atoms with Crippen LogP contribution in [0, 0.1) is 6.92 Å². The van der Waals surface area contributed by atoms with E-state index < -0.39 is 0 Å². The first kappa shape index (κ1) is 17.2. The summed E-state index contributed by atoms with van der Waals surface area (Å²) in [7, 11) is 0. The number of phenolic OH excluding ortho intramolecular Hbond substituents is 2. The lowest BCUT2D eigenvalue weighted by molar-refractivity contribution is 0.402. The van der Waals surface area contributed by atoms with Gasteiger partial charge in [0.2, 0.25) is 0 Å². The zero-order chi connectivity index (χ0) is 19.0. The fraction of sp³-hybridized carbons (Fsp3) is 0.167. The Hall–Kier alpha value is -3.20. The molecule has 3 N–H and O–H groups in total. The quantitative estimate of drug-likeness (QED) is 0.511. The molecule has 0 aliphatic heterocycles. The van der Waals surface area contributed by atoms with Crippen LogP contribution < -0.4 is 5.32 Å². The Balaban J connectivity index is 1.51. The van der Waals surface area contributed by atoms with E-state index in [1.165, 1.54) is 22.8 Å². The predicted octanol–water partition coefficient (Wildman–Crippen LogP) is 5.73. The zero-order valence-electron chi connectivity index (χ0n) is 15.4. The number of benzene rings is 3. The molecule has 1 saturated carbocycles. The molecule has 0 unspecified atom stereocenters. The van der Waals surface area contributed by atoms with Gasteiger partial charge in [-0.1, -0.05) is 54.6 Å². The Morgan fingerprint density at radius 3 is 2.00 bits per heavy atom. The minimum Gasteiger partial charge on any atom is -0.504 e. The molecule has 3 nitrogen and oxygen atoms in total. The van der Waals surface area contributed by atoms with Gasteiger partial charge in [-0.15, -0.1) is 0 Å². The topological polar surface area (TPSA) is 52.5 Å². The number of allylic oxidation sites excluding steroid dienone is 1. The first-order chi connectivity index (χ1) is 13.0. The first-order valence-electron chi connectivity index (χ1n) is 9.14. The van der Waals surface area contributed by atoms with Crippen molar-refractivity contribution in [2.75, 3.05) is 5.32 Å². The van der Waals surface area contributed by atoms with E-state index >= 15 is 0 Å². The number of nitrogens with one attached hydrogen (secondary N) is 1. The molecule has 1 fully saturated rings. The maximum absolute atomic E-state index is 9.82. The fourth-order valence-corrected chi connectivity index (χ4v) is 3.50. The summed E-state index contributed by atoms with van der Waals surface area (Å²) in [6, 6.07) is 21.9. The lowest BCUT2D eigenvalue weighted by Gasteiger charge is -2.21. The van der Waals surface area contributed by atoms with Gasteiger partial charge >= 0.3 is 0 Å². The summed E-state index contributed by atoms with van der Waals surface area (Å²) in [5.74, 6) is -0.186. The van der Waals surface area contributed by atoms with Crippen molar-refractivity contribution in [2.24, 2.45) is 0 Å². The standard InChI is InChI=1S/C24H23NO2/c1-16-3-5-18(6-4-16)19-7-10-21(11-8-19)25-17(2)24(13-14-24)20-9-12-22(26)23(27)15-20/h3-12,15,25-27H,2,13-14H2,1H3. The minimum absolute atomic E-state index is 0.0889. The SMILES string of the molecule is C=C(Nc1ccc(-c2ccc(C)cc2)cc1)C1(c2ccc(O)c(O)c2)CC1. The number of anilines is 1. The maximum atomic E-state index is 9.82. The van der Waals surface area contributed by atoms with Gasteiger partial charge in [0.1, 0.15) is 0 Å². The maximum Gasteiger partial charge on any atom is 0.157 e. The van der Waals surface area contributed by atoms with Crippen LogP contribution in [0.15, 0.2) is 79.0 Å². The Morgan fingerprint density at radius 2 is 1.44 bits per heavy atom. The van der Waals surface area contributed by atoms with Crippen molar-refractivity contribution in [1.29, 1.82) is 0 Å². The third-order valence-corrected chi connectivity index (χ3v) is 5.42. The lowest BCUT2D eigenvalue weighted by Crippen LogP contribution is -2.16. The van der Waals surface area contributed by atoms with Crippen LogP contribution in [0.4, 0.5) is 5.69 Å². The largest absolute Gasteiger partial charge is 0.504 e. The zero-order valence-corrected chi connectivity index (χ0v) is 15.4. The van der Waals surface area contributed by atoms with Gasteiger partial charge < -0.3 is 15.5 Å². The van der Waals surface area contributed by atoms with E-state index in [-0.39, 0.29) is 16.9 Å². The number of aryl methyl sites for hydroxylation is 1. The lowest BCUT2D eigenvalue weighted by atomic mass is 9.92. The number of phenols is 2. The molecule has 136 valence electrons. The molecule has 0 saturated heterocycles. The molecule has 0 bridgehead atoms. The van der Waals surface area contributed by atoms with Crippen molar-refractivity contribution in [3.63, 3.8) is 0 Å². The summed E-state index contributed by atoms with van der Waals surface area (Å²) in [5.41, 5.74) is 6.33. The summed E-state index contributed by atoms with van der Waals surface area (Å²) in [5, 5.41) is 22.8. The molecule has 0 radical (unpaired) electrons. The van der Waals surface area contributed by atoms with E-state index in [0.29, 0.717) is 0 Å². The molecule has 4 rings (SSSR count). The molecule has 3 aromatic rings. The van der Waals surface area contributed by atoms with E-state index in [0.717, 1.165) is 29.8 Å². The van der Waals surface area contributed by atoms with Crippen LogP contribution in [0.3, 0.4) is 0 Å². The summed E-state index contributed by atoms with van der Waals surface area (Å²) in [4.78, 5) is 0. The van der Waals surface area contributed by atoms with Crippen LogP contribution in [-0.4, -0.2) is 10.2 Å². The van der Waals surface area contributed by atoms with Crippen molar-refractivity contribution < 1.29 is 10.2 Å². The van der Waals surface area contributed by atoms with Gasteiger partial charge in [-0.25, -0.2) is 0 Å². The smallest absolute Gasteiger partial charge is 0.157 e. The summed E-state index contributed by atoms with van der Waals surface area (Å²) in [6.07, 6.45) is 1.95. The molecule has 1 aliphatic carbocycles. The molecule has 0 aromatic heterocycles. The minimum atomic E-state index is -0.180. The number of rotatable bonds is 5. The van der Waals surface area contributed by atoms with E-state index in [4.69, 9.17) is 0 Å². The van der Waals surface area contributed by atoms with Gasteiger partial charge in [0, 0.05) is 16.8 Å². The molecule has 3 heteroatoms. The third kappa shape index (κ3) is 3.28. The molecular formula is C24H23NO2. The molecule has 27 heavy (non-hydrogen) atoms. The predicted molar refractivity (Wildman–Crippen MR) is 110 cm³/mol. The average Bonchev–Trinajstić information content (AvgIpc) is 3.47. The third-order valence-electron chi connectivity index (χ3n) is 5.42. The van der Waals surface area contributed by atoms with Gasteiger partial charge in [-0.2, -0.15) is 0 Å². The highest BCUT2D eigenvalue weighted by Gasteiger charge is 2.47. The summed E-state index contributed by atoms with van der Waals surface area (Å²) in [6.45, 7) is 6.33. The Bertz CT molecular complexity index is 984. The van der Waals surface area contributed by atoms with Crippen molar-refractivity contribution in [3.05, 3.63) is 90.1 Å². The van der Waals surface area contributed by atoms with Crippen LogP contribution in [0.5, 0.6) is 11.5 Å². The highest BCUT2D eigenvalue weighted by atomic mass is 16.3. The van der Waals surface area contributed by atoms with E-state index in [2.05, 4.69) is 67.4 Å². The van der Waals surface area contributed by atoms with Crippen molar-refractivity contribution in [1.82, 2.24) is 0 Å². The van der Waals surface area contributed by atoms with Gasteiger partial charge in [0.25, 0.3) is 0 Å². The number of hydrogen-bond acceptors (Lipinski definition) is 3. The summed E-state index contributed by atoms with van der Waals surface area (Å²) >= 11 is 0. The highest BCUT2D eigenvalue weighted by Crippen LogP contribution is 2.54. The molecule has 0 heterocycles. The second-order valence-electron chi connectivity index (χ2n) is 7.33. The molecule has 0 amide bonds. The molecule has 1 aliphatic rings. The van der Waals surface area contributed by atoms with Crippen molar-refractivity contribution in [3.8, 4) is 22.6 Å². The number of hydrogen-bond donors (Lipinski definition) is 3. The Morgan fingerprint density at radius 1 is 0.852 bits per heavy atom. The van der Waals surface area contributed by atoms with E-state index in [1.807, 2.05) is 6.07 Å². The van der Waals surface area contributed by atoms with Gasteiger partial charge in [-0.05, 0) is 60.7 Å². The molecule has 3 aromatic carbocycles. The van der Waals surface area contributed by atoms with Crippen LogP contribution in [-0.2, 0) is 5.41 Å². The van der Waals surface area contributed by atoms with Gasteiger partial charge in [0.05, 0.1) is 0 Å². The van der Waals surface area contributed by atoms with Gasteiger partial charge in [0.15, 0.2) is 11.5 Å². The van der Waals surface area contributed by atoms with Crippen LogP contribution in [0.25, 0.3) is 11.1 Å².